The van der Waals surface area contributed by atoms with Crippen LogP contribution >= 0.6 is 0 Å². The fourth-order valence-electron chi connectivity index (χ4n) is 3.52. The molecule has 6 nitrogen and oxygen atoms in total. The Kier molecular flexibility index (Phi) is 4.36. The second-order valence-electron chi connectivity index (χ2n) is 6.95. The Hall–Kier alpha value is -2.47. The third-order valence-corrected chi connectivity index (χ3v) is 5.04. The highest BCUT2D eigenvalue weighted by molar-refractivity contribution is 5.62. The number of aromatic nitrogens is 5. The molecule has 2 aromatic heterocycles. The summed E-state index contributed by atoms with van der Waals surface area (Å²) in [6, 6.07) is 8.55. The monoisotopic (exact) mass is 336 g/mol. The maximum atomic E-state index is 4.24. The molecule has 130 valence electrons. The molecule has 6 heteroatoms. The van der Waals surface area contributed by atoms with Crippen LogP contribution in [0.15, 0.2) is 30.5 Å². The van der Waals surface area contributed by atoms with E-state index in [9.17, 15) is 0 Å². The third-order valence-electron chi connectivity index (χ3n) is 5.04. The molecular weight excluding hydrogens is 312 g/mol. The van der Waals surface area contributed by atoms with E-state index in [2.05, 4.69) is 61.5 Å². The summed E-state index contributed by atoms with van der Waals surface area (Å²) in [6.45, 7) is 6.97. The summed E-state index contributed by atoms with van der Waals surface area (Å²) >= 11 is 0. The van der Waals surface area contributed by atoms with Crippen LogP contribution in [0.3, 0.4) is 0 Å². The molecule has 0 fully saturated rings. The molecule has 0 spiro atoms. The molecule has 0 amide bonds. The van der Waals surface area contributed by atoms with Gasteiger partial charge in [-0.1, -0.05) is 29.8 Å². The van der Waals surface area contributed by atoms with Crippen LogP contribution in [0.25, 0.3) is 11.3 Å². The van der Waals surface area contributed by atoms with Gasteiger partial charge >= 0.3 is 0 Å². The maximum absolute atomic E-state index is 4.24. The van der Waals surface area contributed by atoms with Gasteiger partial charge in [-0.3, -0.25) is 5.10 Å². The van der Waals surface area contributed by atoms with Crippen LogP contribution in [0, 0.1) is 19.8 Å². The first-order valence-corrected chi connectivity index (χ1v) is 8.89. The van der Waals surface area contributed by atoms with Crippen LogP contribution in [-0.4, -0.2) is 31.5 Å². The Bertz CT molecular complexity index is 845. The number of nitrogens with zero attached hydrogens (tertiary/aromatic N) is 4. The van der Waals surface area contributed by atoms with Crippen LogP contribution in [-0.2, 0) is 19.5 Å². The number of hydrogen-bond acceptors (Lipinski definition) is 4. The summed E-state index contributed by atoms with van der Waals surface area (Å²) in [6.07, 6.45) is 4.11. The van der Waals surface area contributed by atoms with E-state index in [4.69, 9.17) is 0 Å². The van der Waals surface area contributed by atoms with E-state index in [1.807, 2.05) is 13.1 Å². The second kappa shape index (κ2) is 6.80. The van der Waals surface area contributed by atoms with Gasteiger partial charge in [0.1, 0.15) is 11.6 Å². The van der Waals surface area contributed by atoms with Crippen molar-refractivity contribution < 1.29 is 0 Å². The van der Waals surface area contributed by atoms with Crippen molar-refractivity contribution in [2.24, 2.45) is 5.92 Å². The summed E-state index contributed by atoms with van der Waals surface area (Å²) in [5.41, 5.74) is 4.76. The Morgan fingerprint density at radius 3 is 2.88 bits per heavy atom. The average molecular weight is 336 g/mol. The van der Waals surface area contributed by atoms with Crippen molar-refractivity contribution in [2.75, 3.05) is 6.54 Å². The fourth-order valence-corrected chi connectivity index (χ4v) is 3.52. The number of nitrogens with one attached hydrogen (secondary N) is 2. The highest BCUT2D eigenvalue weighted by Crippen LogP contribution is 2.22. The first-order chi connectivity index (χ1) is 12.2. The van der Waals surface area contributed by atoms with Gasteiger partial charge in [0.25, 0.3) is 0 Å². The maximum Gasteiger partial charge on any atom is 0.133 e. The summed E-state index contributed by atoms with van der Waals surface area (Å²) in [5, 5.41) is 19.4. The van der Waals surface area contributed by atoms with E-state index in [1.54, 1.807) is 0 Å². The SMILES string of the molecule is Cc1ccc(-c2[nH]ncc2CNC[C@H]2CCc3nnc(C)n3C2)cc1. The van der Waals surface area contributed by atoms with E-state index >= 15 is 0 Å². The van der Waals surface area contributed by atoms with Crippen LogP contribution in [0.4, 0.5) is 0 Å². The molecule has 0 bridgehead atoms. The van der Waals surface area contributed by atoms with E-state index in [-0.39, 0.29) is 0 Å². The lowest BCUT2D eigenvalue weighted by Crippen LogP contribution is -2.30. The second-order valence-corrected chi connectivity index (χ2v) is 6.95. The Labute approximate surface area is 147 Å². The van der Waals surface area contributed by atoms with Gasteiger partial charge in [-0.15, -0.1) is 10.2 Å². The number of aryl methyl sites for hydroxylation is 3. The van der Waals surface area contributed by atoms with Crippen molar-refractivity contribution in [1.82, 2.24) is 30.3 Å². The molecule has 1 atom stereocenters. The highest BCUT2D eigenvalue weighted by atomic mass is 15.3. The molecular formula is C19H24N6. The lowest BCUT2D eigenvalue weighted by Gasteiger charge is -2.24. The van der Waals surface area contributed by atoms with E-state index in [1.165, 1.54) is 23.1 Å². The van der Waals surface area contributed by atoms with Crippen LogP contribution in [0.5, 0.6) is 0 Å². The van der Waals surface area contributed by atoms with Gasteiger partial charge in [0, 0.05) is 25.1 Å². The van der Waals surface area contributed by atoms with Crippen LogP contribution in [0.1, 0.15) is 29.2 Å². The van der Waals surface area contributed by atoms with Crippen molar-refractivity contribution in [3.8, 4) is 11.3 Å². The van der Waals surface area contributed by atoms with Gasteiger partial charge in [-0.25, -0.2) is 0 Å². The van der Waals surface area contributed by atoms with Crippen molar-refractivity contribution in [1.29, 1.82) is 0 Å². The minimum atomic E-state index is 0.622. The summed E-state index contributed by atoms with van der Waals surface area (Å²) < 4.78 is 2.26. The fraction of sp³-hybridized carbons (Fsp3) is 0.421. The van der Waals surface area contributed by atoms with E-state index in [0.717, 1.165) is 43.4 Å². The Morgan fingerprint density at radius 1 is 1.20 bits per heavy atom. The summed E-state index contributed by atoms with van der Waals surface area (Å²) in [7, 11) is 0. The lowest BCUT2D eigenvalue weighted by atomic mass is 9.99. The average Bonchev–Trinajstić information content (AvgIpc) is 3.23. The Balaban J connectivity index is 1.36. The normalized spacial score (nSPS) is 16.8. The molecule has 1 aliphatic rings. The third kappa shape index (κ3) is 3.35. The molecule has 4 rings (SSSR count). The van der Waals surface area contributed by atoms with Gasteiger partial charge in [-0.2, -0.15) is 5.10 Å². The molecule has 2 N–H and O–H groups in total. The zero-order valence-electron chi connectivity index (χ0n) is 14.8. The molecule has 0 radical (unpaired) electrons. The quantitative estimate of drug-likeness (QED) is 0.751. The largest absolute Gasteiger partial charge is 0.315 e. The number of benzene rings is 1. The standard InChI is InChI=1S/C19H24N6/c1-13-3-6-16(7-4-13)19-17(11-21-24-19)10-20-9-15-5-8-18-23-22-14(2)25(18)12-15/h3-4,6-7,11,15,20H,5,8-10,12H2,1-2H3,(H,21,24)/t15-/m1/s1. The molecule has 0 saturated carbocycles. The van der Waals surface area contributed by atoms with E-state index < -0.39 is 0 Å². The minimum Gasteiger partial charge on any atom is -0.315 e. The Morgan fingerprint density at radius 2 is 2.04 bits per heavy atom. The van der Waals surface area contributed by atoms with Crippen LogP contribution in [0.2, 0.25) is 0 Å². The zero-order valence-corrected chi connectivity index (χ0v) is 14.8. The van der Waals surface area contributed by atoms with Gasteiger partial charge in [0.2, 0.25) is 0 Å². The predicted octanol–water partition coefficient (Wildman–Crippen LogP) is 2.64. The number of H-pyrrole nitrogens is 1. The summed E-state index contributed by atoms with van der Waals surface area (Å²) in [5.74, 6) is 2.78. The molecule has 1 aromatic carbocycles. The van der Waals surface area contributed by atoms with Crippen LogP contribution < -0.4 is 5.32 Å². The lowest BCUT2D eigenvalue weighted by molar-refractivity contribution is 0.344. The molecule has 0 aliphatic carbocycles. The number of rotatable bonds is 5. The summed E-state index contributed by atoms with van der Waals surface area (Å²) in [4.78, 5) is 0. The van der Waals surface area contributed by atoms with Gasteiger partial charge in [0.05, 0.1) is 11.9 Å². The number of fused-ring (bicyclic) bond motifs is 1. The molecule has 3 aromatic rings. The highest BCUT2D eigenvalue weighted by Gasteiger charge is 2.21. The molecule has 3 heterocycles. The topological polar surface area (TPSA) is 71.4 Å². The first kappa shape index (κ1) is 16.0. The van der Waals surface area contributed by atoms with E-state index in [0.29, 0.717) is 5.92 Å². The van der Waals surface area contributed by atoms with Gasteiger partial charge in [0.15, 0.2) is 0 Å². The molecule has 0 unspecified atom stereocenters. The molecule has 1 aliphatic heterocycles. The zero-order chi connectivity index (χ0) is 17.2. The predicted molar refractivity (Wildman–Crippen MR) is 97.0 cm³/mol. The number of aromatic amines is 1. The first-order valence-electron chi connectivity index (χ1n) is 8.89. The van der Waals surface area contributed by atoms with Crippen molar-refractivity contribution in [3.05, 3.63) is 53.2 Å². The van der Waals surface area contributed by atoms with Gasteiger partial charge in [-0.05, 0) is 38.3 Å². The van der Waals surface area contributed by atoms with Crippen molar-refractivity contribution in [3.63, 3.8) is 0 Å². The van der Waals surface area contributed by atoms with Gasteiger partial charge < -0.3 is 9.88 Å². The molecule has 0 saturated heterocycles. The molecule has 25 heavy (non-hydrogen) atoms. The number of hydrogen-bond donors (Lipinski definition) is 2. The van der Waals surface area contributed by atoms with Crippen molar-refractivity contribution >= 4 is 0 Å². The van der Waals surface area contributed by atoms with Crippen molar-refractivity contribution in [2.45, 2.75) is 39.8 Å². The smallest absolute Gasteiger partial charge is 0.133 e. The minimum absolute atomic E-state index is 0.622.